The number of halogens is 4. The minimum Gasteiger partial charge on any atom is -0.483 e. The topological polar surface area (TPSA) is 27.1 Å². The van der Waals surface area contributed by atoms with Crippen molar-refractivity contribution in [2.45, 2.75) is 6.18 Å². The van der Waals surface area contributed by atoms with Crippen molar-refractivity contribution < 1.29 is 22.3 Å². The Kier molecular flexibility index (Phi) is 4.71. The second-order valence-corrected chi connectivity index (χ2v) is 5.36. The maximum absolute atomic E-state index is 13.3. The summed E-state index contributed by atoms with van der Waals surface area (Å²) in [5, 5.41) is 4.04. The van der Waals surface area contributed by atoms with Crippen LogP contribution in [-0.2, 0) is 6.18 Å². The molecule has 0 spiro atoms. The SMILES string of the molecule is Fc1ccc(-n2nc(-c3ccc(OCS)cc3)cc2C(F)(F)F)cc1. The van der Waals surface area contributed by atoms with Gasteiger partial charge in [0.05, 0.1) is 11.4 Å². The fraction of sp³-hybridized carbons (Fsp3) is 0.118. The van der Waals surface area contributed by atoms with Crippen molar-refractivity contribution in [1.82, 2.24) is 9.78 Å². The number of nitrogens with zero attached hydrogens (tertiary/aromatic N) is 2. The lowest BCUT2D eigenvalue weighted by molar-refractivity contribution is -0.142. The minimum atomic E-state index is -4.60. The normalized spacial score (nSPS) is 11.6. The fourth-order valence-corrected chi connectivity index (χ4v) is 2.45. The maximum Gasteiger partial charge on any atom is 0.433 e. The van der Waals surface area contributed by atoms with E-state index in [9.17, 15) is 17.6 Å². The van der Waals surface area contributed by atoms with E-state index in [4.69, 9.17) is 4.74 Å². The first-order chi connectivity index (χ1) is 11.9. The van der Waals surface area contributed by atoms with E-state index in [1.165, 1.54) is 12.1 Å². The van der Waals surface area contributed by atoms with Crippen LogP contribution in [-0.4, -0.2) is 15.7 Å². The summed E-state index contributed by atoms with van der Waals surface area (Å²) in [7, 11) is 0. The van der Waals surface area contributed by atoms with Crippen molar-refractivity contribution in [3.8, 4) is 22.7 Å². The molecule has 0 aliphatic heterocycles. The van der Waals surface area contributed by atoms with Crippen molar-refractivity contribution in [2.75, 3.05) is 5.94 Å². The first-order valence-corrected chi connectivity index (χ1v) is 7.79. The van der Waals surface area contributed by atoms with Crippen LogP contribution in [0.4, 0.5) is 17.6 Å². The molecule has 25 heavy (non-hydrogen) atoms. The average molecular weight is 368 g/mol. The molecule has 0 saturated carbocycles. The van der Waals surface area contributed by atoms with Gasteiger partial charge < -0.3 is 4.74 Å². The third-order valence-corrected chi connectivity index (χ3v) is 3.58. The van der Waals surface area contributed by atoms with Gasteiger partial charge >= 0.3 is 6.18 Å². The summed E-state index contributed by atoms with van der Waals surface area (Å²) >= 11 is 3.93. The second-order valence-electron chi connectivity index (χ2n) is 5.10. The van der Waals surface area contributed by atoms with Gasteiger partial charge in [0.25, 0.3) is 0 Å². The smallest absolute Gasteiger partial charge is 0.433 e. The van der Waals surface area contributed by atoms with Crippen LogP contribution in [0.5, 0.6) is 5.75 Å². The number of ether oxygens (including phenoxy) is 1. The van der Waals surface area contributed by atoms with Crippen LogP contribution in [0.2, 0.25) is 0 Å². The number of hydrogen-bond acceptors (Lipinski definition) is 3. The Hall–Kier alpha value is -2.48. The van der Waals surface area contributed by atoms with Crippen LogP contribution in [0.25, 0.3) is 16.9 Å². The first kappa shape index (κ1) is 17.3. The molecule has 0 unspecified atom stereocenters. The van der Waals surface area contributed by atoms with Gasteiger partial charge in [0.1, 0.15) is 23.2 Å². The van der Waals surface area contributed by atoms with E-state index < -0.39 is 17.7 Å². The van der Waals surface area contributed by atoms with E-state index >= 15 is 0 Å². The molecule has 0 fully saturated rings. The molecule has 0 aliphatic rings. The van der Waals surface area contributed by atoms with Crippen LogP contribution < -0.4 is 4.74 Å². The summed E-state index contributed by atoms with van der Waals surface area (Å²) in [5.41, 5.74) is -0.174. The predicted molar refractivity (Wildman–Crippen MR) is 88.4 cm³/mol. The zero-order valence-corrected chi connectivity index (χ0v) is 13.6. The van der Waals surface area contributed by atoms with Gasteiger partial charge in [-0.15, -0.1) is 12.6 Å². The monoisotopic (exact) mass is 368 g/mol. The highest BCUT2D eigenvalue weighted by atomic mass is 32.1. The standard InChI is InChI=1S/C17H12F4N2OS/c18-12-3-5-13(6-4-12)23-16(17(19,20)21)9-15(22-23)11-1-7-14(8-2-11)24-10-25/h1-9,25H,10H2. The number of alkyl halides is 3. The number of rotatable bonds is 4. The molecule has 130 valence electrons. The largest absolute Gasteiger partial charge is 0.483 e. The number of hydrogen-bond donors (Lipinski definition) is 1. The van der Waals surface area contributed by atoms with Gasteiger partial charge in [0, 0.05) is 5.56 Å². The molecule has 0 atom stereocenters. The van der Waals surface area contributed by atoms with E-state index in [0.717, 1.165) is 22.9 Å². The molecule has 0 saturated heterocycles. The summed E-state index contributed by atoms with van der Waals surface area (Å²) < 4.78 is 59.0. The van der Waals surface area contributed by atoms with E-state index in [2.05, 4.69) is 17.7 Å². The van der Waals surface area contributed by atoms with Gasteiger partial charge in [-0.25, -0.2) is 9.07 Å². The molecule has 0 N–H and O–H groups in total. The fourth-order valence-electron chi connectivity index (χ4n) is 2.30. The lowest BCUT2D eigenvalue weighted by Crippen LogP contribution is -2.13. The van der Waals surface area contributed by atoms with Crippen LogP contribution in [0.3, 0.4) is 0 Å². The first-order valence-electron chi connectivity index (χ1n) is 7.16. The van der Waals surface area contributed by atoms with Gasteiger partial charge in [0.2, 0.25) is 0 Å². The summed E-state index contributed by atoms with van der Waals surface area (Å²) in [5.74, 6) is 0.203. The number of thiol groups is 1. The molecule has 1 heterocycles. The highest BCUT2D eigenvalue weighted by Gasteiger charge is 2.36. The summed E-state index contributed by atoms with van der Waals surface area (Å²) in [6, 6.07) is 12.1. The Balaban J connectivity index is 2.05. The third-order valence-electron chi connectivity index (χ3n) is 3.45. The lowest BCUT2D eigenvalue weighted by Gasteiger charge is -2.09. The Morgan fingerprint density at radius 2 is 1.64 bits per heavy atom. The second kappa shape index (κ2) is 6.79. The summed E-state index contributed by atoms with van der Waals surface area (Å²) in [6.45, 7) is 0. The molecular weight excluding hydrogens is 356 g/mol. The van der Waals surface area contributed by atoms with Gasteiger partial charge in [-0.05, 0) is 54.6 Å². The van der Waals surface area contributed by atoms with Crippen molar-refractivity contribution in [3.63, 3.8) is 0 Å². The van der Waals surface area contributed by atoms with Crippen LogP contribution in [0, 0.1) is 5.82 Å². The molecule has 3 aromatic rings. The van der Waals surface area contributed by atoms with E-state index in [0.29, 0.717) is 11.3 Å². The zero-order valence-electron chi connectivity index (χ0n) is 12.7. The van der Waals surface area contributed by atoms with Crippen LogP contribution >= 0.6 is 12.6 Å². The molecule has 3 nitrogen and oxygen atoms in total. The molecule has 0 radical (unpaired) electrons. The lowest BCUT2D eigenvalue weighted by atomic mass is 10.1. The van der Waals surface area contributed by atoms with Crippen molar-refractivity contribution >= 4 is 12.6 Å². The average Bonchev–Trinajstić information content (AvgIpc) is 3.02. The van der Waals surface area contributed by atoms with Crippen molar-refractivity contribution in [3.05, 3.63) is 66.1 Å². The molecule has 8 heteroatoms. The highest BCUT2D eigenvalue weighted by Crippen LogP contribution is 2.34. The van der Waals surface area contributed by atoms with Crippen LogP contribution in [0.15, 0.2) is 54.6 Å². The maximum atomic E-state index is 13.3. The van der Waals surface area contributed by atoms with E-state index in [1.807, 2.05) is 0 Å². The van der Waals surface area contributed by atoms with Gasteiger partial charge in [-0.2, -0.15) is 18.3 Å². The van der Waals surface area contributed by atoms with Gasteiger partial charge in [-0.3, -0.25) is 0 Å². The van der Waals surface area contributed by atoms with Crippen molar-refractivity contribution in [1.29, 1.82) is 0 Å². The molecule has 2 aromatic carbocycles. The van der Waals surface area contributed by atoms with Crippen LogP contribution in [0.1, 0.15) is 5.69 Å². The van der Waals surface area contributed by atoms with E-state index in [1.54, 1.807) is 24.3 Å². The number of aromatic nitrogens is 2. The molecule has 0 amide bonds. The summed E-state index contributed by atoms with van der Waals surface area (Å²) in [4.78, 5) is 0. The molecule has 3 rings (SSSR count). The Labute approximate surface area is 146 Å². The van der Waals surface area contributed by atoms with Gasteiger partial charge in [0.15, 0.2) is 0 Å². The van der Waals surface area contributed by atoms with Gasteiger partial charge in [-0.1, -0.05) is 0 Å². The molecular formula is C17H12F4N2OS. The Morgan fingerprint density at radius 1 is 1.00 bits per heavy atom. The zero-order chi connectivity index (χ0) is 18.0. The third kappa shape index (κ3) is 3.79. The van der Waals surface area contributed by atoms with E-state index in [-0.39, 0.29) is 17.3 Å². The predicted octanol–water partition coefficient (Wildman–Crippen LogP) is 4.96. The number of benzene rings is 2. The van der Waals surface area contributed by atoms with Crippen molar-refractivity contribution in [2.24, 2.45) is 0 Å². The Bertz CT molecular complexity index is 858. The summed E-state index contributed by atoms with van der Waals surface area (Å²) in [6.07, 6.45) is -4.60. The molecule has 1 aromatic heterocycles. The molecule has 0 aliphatic carbocycles. The quantitative estimate of drug-likeness (QED) is 0.400. The molecule has 0 bridgehead atoms. The highest BCUT2D eigenvalue weighted by molar-refractivity contribution is 7.80. The Morgan fingerprint density at radius 3 is 2.20 bits per heavy atom. The minimum absolute atomic E-state index is 0.120.